The van der Waals surface area contributed by atoms with Gasteiger partial charge in [-0.25, -0.2) is 4.79 Å². The predicted octanol–water partition coefficient (Wildman–Crippen LogP) is 0.873. The fraction of sp³-hybridized carbons (Fsp3) is 0.833. The van der Waals surface area contributed by atoms with Gasteiger partial charge in [0.1, 0.15) is 5.54 Å². The zero-order chi connectivity index (χ0) is 13.1. The molecule has 0 bridgehead atoms. The van der Waals surface area contributed by atoms with Crippen LogP contribution >= 0.6 is 0 Å². The largest absolute Gasteiger partial charge is 0.480 e. The van der Waals surface area contributed by atoms with Crippen molar-refractivity contribution in [1.29, 1.82) is 0 Å². The minimum absolute atomic E-state index is 0.387. The van der Waals surface area contributed by atoms with Crippen molar-refractivity contribution in [3.8, 4) is 0 Å². The molecule has 1 aliphatic rings. The van der Waals surface area contributed by atoms with Crippen molar-refractivity contribution in [1.82, 2.24) is 5.32 Å². The normalized spacial score (nSPS) is 30.6. The van der Waals surface area contributed by atoms with Gasteiger partial charge in [-0.05, 0) is 38.5 Å². The summed E-state index contributed by atoms with van der Waals surface area (Å²) in [7, 11) is 0. The average Bonchev–Trinajstić information content (AvgIpc) is 2.29. The Balaban J connectivity index is 2.72. The maximum atomic E-state index is 11.6. The number of aliphatic carboxylic acids is 1. The maximum absolute atomic E-state index is 11.6. The summed E-state index contributed by atoms with van der Waals surface area (Å²) < 4.78 is 0. The Kier molecular flexibility index (Phi) is 4.51. The summed E-state index contributed by atoms with van der Waals surface area (Å²) in [4.78, 5) is 22.9. The third kappa shape index (κ3) is 3.19. The molecule has 5 nitrogen and oxygen atoms in total. The fourth-order valence-corrected chi connectivity index (χ4v) is 2.32. The van der Waals surface area contributed by atoms with E-state index in [1.165, 1.54) is 0 Å². The minimum Gasteiger partial charge on any atom is -0.480 e. The maximum Gasteiger partial charge on any atom is 0.329 e. The second kappa shape index (κ2) is 5.49. The van der Waals surface area contributed by atoms with E-state index in [1.807, 2.05) is 0 Å². The molecule has 0 aliphatic heterocycles. The van der Waals surface area contributed by atoms with E-state index >= 15 is 0 Å². The molecule has 17 heavy (non-hydrogen) atoms. The van der Waals surface area contributed by atoms with Gasteiger partial charge in [-0.2, -0.15) is 0 Å². The average molecular weight is 242 g/mol. The van der Waals surface area contributed by atoms with Crippen LogP contribution in [0.2, 0.25) is 0 Å². The molecular formula is C12H22N2O3. The minimum atomic E-state index is -1.10. The topological polar surface area (TPSA) is 92.4 Å². The van der Waals surface area contributed by atoms with Gasteiger partial charge in [0.15, 0.2) is 0 Å². The Bertz CT molecular complexity index is 294. The quantitative estimate of drug-likeness (QED) is 0.682. The Morgan fingerprint density at radius 2 is 2.00 bits per heavy atom. The number of amides is 1. The van der Waals surface area contributed by atoms with Gasteiger partial charge in [-0.3, -0.25) is 4.79 Å². The number of carbonyl (C=O) groups excluding carboxylic acids is 1. The summed E-state index contributed by atoms with van der Waals surface area (Å²) in [6.45, 7) is 3.67. The molecule has 0 saturated heterocycles. The van der Waals surface area contributed by atoms with E-state index in [4.69, 9.17) is 5.73 Å². The van der Waals surface area contributed by atoms with E-state index in [2.05, 4.69) is 12.2 Å². The van der Waals surface area contributed by atoms with Gasteiger partial charge in [0, 0.05) is 0 Å². The highest BCUT2D eigenvalue weighted by molar-refractivity contribution is 5.89. The van der Waals surface area contributed by atoms with Crippen molar-refractivity contribution in [2.75, 3.05) is 0 Å². The number of hydrogen-bond donors (Lipinski definition) is 3. The number of carboxylic acids is 1. The second-order valence-electron chi connectivity index (χ2n) is 5.02. The summed E-state index contributed by atoms with van der Waals surface area (Å²) in [6, 6.07) is -0.671. The number of carbonyl (C=O) groups is 2. The molecule has 0 aromatic rings. The molecule has 1 saturated carbocycles. The molecule has 0 radical (unpaired) electrons. The first kappa shape index (κ1) is 14.0. The van der Waals surface area contributed by atoms with Gasteiger partial charge in [0.25, 0.3) is 0 Å². The Hall–Kier alpha value is -1.10. The van der Waals surface area contributed by atoms with Crippen molar-refractivity contribution in [3.63, 3.8) is 0 Å². The van der Waals surface area contributed by atoms with Crippen LogP contribution in [-0.4, -0.2) is 28.6 Å². The highest BCUT2D eigenvalue weighted by atomic mass is 16.4. The zero-order valence-corrected chi connectivity index (χ0v) is 10.5. The number of rotatable bonds is 4. The van der Waals surface area contributed by atoms with Crippen LogP contribution in [0.4, 0.5) is 0 Å². The summed E-state index contributed by atoms with van der Waals surface area (Å²) in [5, 5.41) is 11.9. The van der Waals surface area contributed by atoms with Gasteiger partial charge in [0.2, 0.25) is 5.91 Å². The number of hydrogen-bond acceptors (Lipinski definition) is 3. The van der Waals surface area contributed by atoms with Crippen LogP contribution in [0, 0.1) is 5.92 Å². The molecule has 0 heterocycles. The molecule has 4 N–H and O–H groups in total. The third-order valence-electron chi connectivity index (χ3n) is 3.72. The molecule has 0 aromatic heterocycles. The van der Waals surface area contributed by atoms with Crippen molar-refractivity contribution in [2.45, 2.75) is 57.5 Å². The number of nitrogens with one attached hydrogen (secondary N) is 1. The van der Waals surface area contributed by atoms with E-state index in [-0.39, 0.29) is 5.91 Å². The molecule has 98 valence electrons. The van der Waals surface area contributed by atoms with E-state index < -0.39 is 17.6 Å². The lowest BCUT2D eigenvalue weighted by molar-refractivity contribution is -0.149. The second-order valence-corrected chi connectivity index (χ2v) is 5.02. The third-order valence-corrected chi connectivity index (χ3v) is 3.72. The van der Waals surface area contributed by atoms with Crippen LogP contribution in [0.1, 0.15) is 46.0 Å². The highest BCUT2D eigenvalue weighted by Crippen LogP contribution is 2.34. The van der Waals surface area contributed by atoms with Crippen molar-refractivity contribution < 1.29 is 14.7 Å². The smallest absolute Gasteiger partial charge is 0.329 e. The lowest BCUT2D eigenvalue weighted by Crippen LogP contribution is -2.59. The van der Waals surface area contributed by atoms with Crippen LogP contribution in [0.5, 0.6) is 0 Å². The number of nitrogens with two attached hydrogens (primary N) is 1. The first-order valence-electron chi connectivity index (χ1n) is 6.22. The Labute approximate surface area is 102 Å². The molecule has 1 fully saturated rings. The van der Waals surface area contributed by atoms with E-state index in [9.17, 15) is 14.7 Å². The van der Waals surface area contributed by atoms with Crippen molar-refractivity contribution >= 4 is 11.9 Å². The number of carboxylic acid groups (broad SMARTS) is 1. The van der Waals surface area contributed by atoms with Crippen LogP contribution in [0.15, 0.2) is 0 Å². The first-order chi connectivity index (χ1) is 7.91. The van der Waals surface area contributed by atoms with Crippen LogP contribution < -0.4 is 11.1 Å². The van der Waals surface area contributed by atoms with E-state index in [0.29, 0.717) is 18.8 Å². The van der Waals surface area contributed by atoms with Gasteiger partial charge >= 0.3 is 5.97 Å². The molecule has 1 atom stereocenters. The van der Waals surface area contributed by atoms with Crippen molar-refractivity contribution in [2.24, 2.45) is 11.7 Å². The van der Waals surface area contributed by atoms with E-state index in [1.54, 1.807) is 6.92 Å². The Morgan fingerprint density at radius 1 is 1.47 bits per heavy atom. The molecular weight excluding hydrogens is 220 g/mol. The monoisotopic (exact) mass is 242 g/mol. The SMILES string of the molecule is CCC1CCC(NC(=O)[C@H](C)N)(C(=O)O)CC1. The molecule has 0 unspecified atom stereocenters. The molecule has 1 aliphatic carbocycles. The summed E-state index contributed by atoms with van der Waals surface area (Å²) in [5.74, 6) is -0.752. The standard InChI is InChI=1S/C12H22N2O3/c1-3-9-4-6-12(7-5-9,11(16)17)14-10(15)8(2)13/h8-9H,3-7,13H2,1-2H3,(H,14,15)(H,16,17)/t8-,9?,12?/m0/s1. The predicted molar refractivity (Wildman–Crippen MR) is 64.4 cm³/mol. The highest BCUT2D eigenvalue weighted by Gasteiger charge is 2.43. The molecule has 0 aromatic carbocycles. The van der Waals surface area contributed by atoms with Gasteiger partial charge < -0.3 is 16.2 Å². The molecule has 1 rings (SSSR count). The fourth-order valence-electron chi connectivity index (χ4n) is 2.32. The summed E-state index contributed by atoms with van der Waals surface area (Å²) in [5.41, 5.74) is 4.36. The molecule has 1 amide bonds. The molecule has 5 heteroatoms. The molecule has 0 spiro atoms. The Morgan fingerprint density at radius 3 is 2.35 bits per heavy atom. The van der Waals surface area contributed by atoms with Gasteiger partial charge in [0.05, 0.1) is 6.04 Å². The van der Waals surface area contributed by atoms with Crippen molar-refractivity contribution in [3.05, 3.63) is 0 Å². The van der Waals surface area contributed by atoms with E-state index in [0.717, 1.165) is 19.3 Å². The van der Waals surface area contributed by atoms with Gasteiger partial charge in [-0.1, -0.05) is 13.3 Å². The lowest BCUT2D eigenvalue weighted by atomic mass is 9.75. The zero-order valence-electron chi connectivity index (χ0n) is 10.5. The summed E-state index contributed by atoms with van der Waals surface area (Å²) >= 11 is 0. The first-order valence-corrected chi connectivity index (χ1v) is 6.22. The summed E-state index contributed by atoms with van der Waals surface area (Å²) in [6.07, 6.45) is 3.76. The van der Waals surface area contributed by atoms with Gasteiger partial charge in [-0.15, -0.1) is 0 Å². The lowest BCUT2D eigenvalue weighted by Gasteiger charge is -2.37. The van der Waals surface area contributed by atoms with Crippen LogP contribution in [0.3, 0.4) is 0 Å². The van der Waals surface area contributed by atoms with Crippen LogP contribution in [0.25, 0.3) is 0 Å². The van der Waals surface area contributed by atoms with Crippen LogP contribution in [-0.2, 0) is 9.59 Å².